The van der Waals surface area contributed by atoms with Gasteiger partial charge in [-0.1, -0.05) is 29.8 Å². The summed E-state index contributed by atoms with van der Waals surface area (Å²) in [5.74, 6) is 0.120. The van der Waals surface area contributed by atoms with Crippen LogP contribution in [0, 0.1) is 0 Å². The van der Waals surface area contributed by atoms with E-state index in [0.29, 0.717) is 0 Å². The van der Waals surface area contributed by atoms with Crippen molar-refractivity contribution in [1.82, 2.24) is 0 Å². The van der Waals surface area contributed by atoms with Gasteiger partial charge >= 0.3 is 0 Å². The number of amides is 1. The molecule has 0 saturated carbocycles. The Bertz CT molecular complexity index is 420. The number of carbonyl (C=O) groups is 1. The van der Waals surface area contributed by atoms with Gasteiger partial charge in [-0.05, 0) is 31.9 Å². The summed E-state index contributed by atoms with van der Waals surface area (Å²) in [4.78, 5) is 11.7. The Balaban J connectivity index is 2.30. The molecule has 1 N–H and O–H groups in total. The van der Waals surface area contributed by atoms with Crippen LogP contribution in [-0.2, 0) is 4.79 Å². The summed E-state index contributed by atoms with van der Waals surface area (Å²) in [6.07, 6.45) is 2.88. The summed E-state index contributed by atoms with van der Waals surface area (Å²) in [6, 6.07) is 7.92. The zero-order chi connectivity index (χ0) is 10.8. The summed E-state index contributed by atoms with van der Waals surface area (Å²) in [6.45, 7) is 4.07. The maximum Gasteiger partial charge on any atom is 0.232 e. The first-order chi connectivity index (χ1) is 7.22. The van der Waals surface area contributed by atoms with E-state index in [1.807, 2.05) is 31.2 Å². The van der Waals surface area contributed by atoms with Crippen LogP contribution in [0.1, 0.15) is 31.7 Å². The number of nitrogens with one attached hydrogen (secondary N) is 1. The predicted octanol–water partition coefficient (Wildman–Crippen LogP) is 3.08. The maximum absolute atomic E-state index is 11.7. The Labute approximate surface area is 90.0 Å². The van der Waals surface area contributed by atoms with Crippen LogP contribution in [0.15, 0.2) is 35.9 Å². The molecule has 1 amide bonds. The second kappa shape index (κ2) is 3.89. The molecule has 2 nitrogen and oxygen atoms in total. The van der Waals surface area contributed by atoms with Crippen LogP contribution < -0.4 is 5.32 Å². The lowest BCUT2D eigenvalue weighted by molar-refractivity contribution is -0.117. The average molecular weight is 201 g/mol. The van der Waals surface area contributed by atoms with Crippen LogP contribution in [0.3, 0.4) is 0 Å². The van der Waals surface area contributed by atoms with E-state index in [2.05, 4.69) is 18.3 Å². The van der Waals surface area contributed by atoms with Gasteiger partial charge in [0, 0.05) is 5.69 Å². The number of rotatable bonds is 2. The topological polar surface area (TPSA) is 29.1 Å². The molecule has 1 aliphatic heterocycles. The molecule has 1 aromatic carbocycles. The summed E-state index contributed by atoms with van der Waals surface area (Å²) >= 11 is 0. The predicted molar refractivity (Wildman–Crippen MR) is 61.9 cm³/mol. The zero-order valence-corrected chi connectivity index (χ0v) is 9.08. The third-order valence-electron chi connectivity index (χ3n) is 2.93. The molecule has 2 heteroatoms. The normalized spacial score (nSPS) is 20.0. The third kappa shape index (κ3) is 1.80. The van der Waals surface area contributed by atoms with Gasteiger partial charge in [-0.25, -0.2) is 0 Å². The van der Waals surface area contributed by atoms with Crippen molar-refractivity contribution < 1.29 is 4.79 Å². The van der Waals surface area contributed by atoms with E-state index in [0.717, 1.165) is 17.7 Å². The smallest absolute Gasteiger partial charge is 0.232 e. The van der Waals surface area contributed by atoms with E-state index >= 15 is 0 Å². The summed E-state index contributed by atoms with van der Waals surface area (Å²) in [7, 11) is 0. The standard InChI is InChI=1S/C13H15NO/c1-3-9(2)8-11-10-6-4-5-7-12(10)14-13(11)15/h3-7,11H,8H2,1-2H3,(H,14,15). The van der Waals surface area contributed by atoms with Gasteiger partial charge in [0.05, 0.1) is 5.92 Å². The first-order valence-corrected chi connectivity index (χ1v) is 5.24. The van der Waals surface area contributed by atoms with Crippen molar-refractivity contribution in [2.75, 3.05) is 5.32 Å². The van der Waals surface area contributed by atoms with Crippen LogP contribution in [0.5, 0.6) is 0 Å². The second-order valence-corrected chi connectivity index (χ2v) is 3.97. The highest BCUT2D eigenvalue weighted by Gasteiger charge is 2.29. The fourth-order valence-corrected chi connectivity index (χ4v) is 1.92. The molecule has 78 valence electrons. The molecule has 0 aromatic heterocycles. The number of para-hydroxylation sites is 1. The van der Waals surface area contributed by atoms with Crippen LogP contribution >= 0.6 is 0 Å². The highest BCUT2D eigenvalue weighted by Crippen LogP contribution is 2.35. The molecule has 0 bridgehead atoms. The van der Waals surface area contributed by atoms with Gasteiger partial charge in [0.15, 0.2) is 0 Å². The Morgan fingerprint density at radius 1 is 1.47 bits per heavy atom. The number of hydrogen-bond acceptors (Lipinski definition) is 1. The van der Waals surface area contributed by atoms with E-state index in [1.165, 1.54) is 5.57 Å². The molecule has 1 aliphatic rings. The number of anilines is 1. The lowest BCUT2D eigenvalue weighted by Crippen LogP contribution is -2.12. The van der Waals surface area contributed by atoms with Gasteiger partial charge in [0.1, 0.15) is 0 Å². The lowest BCUT2D eigenvalue weighted by atomic mass is 9.94. The third-order valence-corrected chi connectivity index (χ3v) is 2.93. The van der Waals surface area contributed by atoms with Crippen molar-refractivity contribution >= 4 is 11.6 Å². The highest BCUT2D eigenvalue weighted by molar-refractivity contribution is 6.02. The van der Waals surface area contributed by atoms with Crippen LogP contribution in [0.2, 0.25) is 0 Å². The summed E-state index contributed by atoms with van der Waals surface area (Å²) in [5, 5.41) is 2.91. The van der Waals surface area contributed by atoms with E-state index in [9.17, 15) is 4.79 Å². The number of fused-ring (bicyclic) bond motifs is 1. The average Bonchev–Trinajstić information content (AvgIpc) is 2.55. The molecule has 1 atom stereocenters. The van der Waals surface area contributed by atoms with Gasteiger partial charge in [0.2, 0.25) is 5.91 Å². The number of allylic oxidation sites excluding steroid dienone is 2. The number of carbonyl (C=O) groups excluding carboxylic acids is 1. The summed E-state index contributed by atoms with van der Waals surface area (Å²) in [5.41, 5.74) is 3.35. The maximum atomic E-state index is 11.7. The molecule has 1 aromatic rings. The molecule has 0 aliphatic carbocycles. The molecule has 0 radical (unpaired) electrons. The van der Waals surface area contributed by atoms with Crippen molar-refractivity contribution in [3.63, 3.8) is 0 Å². The minimum atomic E-state index is -0.00241. The first-order valence-electron chi connectivity index (χ1n) is 5.24. The minimum Gasteiger partial charge on any atom is -0.325 e. The zero-order valence-electron chi connectivity index (χ0n) is 9.08. The van der Waals surface area contributed by atoms with Gasteiger partial charge in [-0.3, -0.25) is 4.79 Å². The van der Waals surface area contributed by atoms with E-state index < -0.39 is 0 Å². The van der Waals surface area contributed by atoms with Crippen LogP contribution in [0.25, 0.3) is 0 Å². The van der Waals surface area contributed by atoms with Crippen molar-refractivity contribution in [3.8, 4) is 0 Å². The van der Waals surface area contributed by atoms with E-state index in [4.69, 9.17) is 0 Å². The van der Waals surface area contributed by atoms with Gasteiger partial charge in [-0.15, -0.1) is 0 Å². The number of hydrogen-bond donors (Lipinski definition) is 1. The fourth-order valence-electron chi connectivity index (χ4n) is 1.92. The Hall–Kier alpha value is -1.57. The first kappa shape index (κ1) is 9.97. The second-order valence-electron chi connectivity index (χ2n) is 3.97. The Morgan fingerprint density at radius 2 is 2.20 bits per heavy atom. The van der Waals surface area contributed by atoms with Crippen LogP contribution in [0.4, 0.5) is 5.69 Å². The number of benzene rings is 1. The fraction of sp³-hybridized carbons (Fsp3) is 0.308. The summed E-state index contributed by atoms with van der Waals surface area (Å²) < 4.78 is 0. The Kier molecular flexibility index (Phi) is 2.58. The van der Waals surface area contributed by atoms with E-state index in [-0.39, 0.29) is 11.8 Å². The molecular formula is C13H15NO. The minimum absolute atomic E-state index is 0.00241. The van der Waals surface area contributed by atoms with Crippen molar-refractivity contribution in [1.29, 1.82) is 0 Å². The molecule has 1 unspecified atom stereocenters. The molecule has 0 saturated heterocycles. The van der Waals surface area contributed by atoms with Gasteiger partial charge < -0.3 is 5.32 Å². The van der Waals surface area contributed by atoms with Crippen molar-refractivity contribution in [2.45, 2.75) is 26.2 Å². The Morgan fingerprint density at radius 3 is 2.93 bits per heavy atom. The molecule has 15 heavy (non-hydrogen) atoms. The SMILES string of the molecule is CC=C(C)CC1C(=O)Nc2ccccc21. The lowest BCUT2D eigenvalue weighted by Gasteiger charge is -2.08. The van der Waals surface area contributed by atoms with Crippen molar-refractivity contribution in [3.05, 3.63) is 41.5 Å². The monoisotopic (exact) mass is 201 g/mol. The van der Waals surface area contributed by atoms with E-state index in [1.54, 1.807) is 0 Å². The van der Waals surface area contributed by atoms with Gasteiger partial charge in [-0.2, -0.15) is 0 Å². The van der Waals surface area contributed by atoms with Crippen molar-refractivity contribution in [2.24, 2.45) is 0 Å². The quantitative estimate of drug-likeness (QED) is 0.732. The van der Waals surface area contributed by atoms with Crippen LogP contribution in [-0.4, -0.2) is 5.91 Å². The molecule has 1 heterocycles. The molecule has 0 fully saturated rings. The molecule has 0 spiro atoms. The molecule has 2 rings (SSSR count). The molecular weight excluding hydrogens is 186 g/mol. The van der Waals surface area contributed by atoms with Gasteiger partial charge in [0.25, 0.3) is 0 Å². The highest BCUT2D eigenvalue weighted by atomic mass is 16.2. The largest absolute Gasteiger partial charge is 0.325 e.